The second kappa shape index (κ2) is 12.2. The van der Waals surface area contributed by atoms with Gasteiger partial charge in [-0.25, -0.2) is 0 Å². The van der Waals surface area contributed by atoms with Crippen molar-refractivity contribution in [2.24, 2.45) is 0 Å². The molecule has 0 N–H and O–H groups in total. The third kappa shape index (κ3) is 4.79. The molecule has 0 aliphatic heterocycles. The van der Waals surface area contributed by atoms with Gasteiger partial charge in [0, 0.05) is 38.3 Å². The molecule has 0 unspecified atom stereocenters. The maximum absolute atomic E-state index is 4.94. The van der Waals surface area contributed by atoms with Crippen LogP contribution in [0.3, 0.4) is 0 Å². The summed E-state index contributed by atoms with van der Waals surface area (Å²) in [4.78, 5) is 4.94. The second-order valence-electron chi connectivity index (χ2n) is 14.0. The van der Waals surface area contributed by atoms with Gasteiger partial charge in [-0.2, -0.15) is 0 Å². The topological polar surface area (TPSA) is 22.8 Å². The van der Waals surface area contributed by atoms with Crippen LogP contribution in [0.5, 0.6) is 0 Å². The van der Waals surface area contributed by atoms with Crippen molar-refractivity contribution < 1.29 is 0 Å². The summed E-state index contributed by atoms with van der Waals surface area (Å²) < 4.78 is 4.78. The smallest absolute Gasteiger partial charge is 0.0730 e. The number of rotatable bonds is 5. The van der Waals surface area contributed by atoms with Crippen molar-refractivity contribution in [3.63, 3.8) is 0 Å². The van der Waals surface area contributed by atoms with Crippen LogP contribution >= 0.6 is 0 Å². The molecular weight excluding hydrogens is 655 g/mol. The maximum atomic E-state index is 4.94. The molecule has 0 aliphatic rings. The van der Waals surface area contributed by atoms with Gasteiger partial charge in [-0.15, -0.1) is 0 Å². The highest BCUT2D eigenvalue weighted by molar-refractivity contribution is 6.21. The molecule has 11 aromatic rings. The van der Waals surface area contributed by atoms with E-state index in [1.807, 2.05) is 6.20 Å². The SMILES string of the molecule is c1ccc(-c2cccc(-n3c4ccccc4c4cc(-c5ccc6c(c5)c5c7ccccc7ncc5n6-c5cccc(-c6ccccc6)c5)ccc43)c2)cc1. The summed E-state index contributed by atoms with van der Waals surface area (Å²) in [6.07, 6.45) is 2.04. The molecule has 0 amide bonds. The quantitative estimate of drug-likeness (QED) is 0.177. The average Bonchev–Trinajstić information content (AvgIpc) is 3.77. The van der Waals surface area contributed by atoms with Crippen LogP contribution in [0.4, 0.5) is 0 Å². The van der Waals surface area contributed by atoms with Crippen molar-refractivity contribution in [1.29, 1.82) is 0 Å². The van der Waals surface area contributed by atoms with Gasteiger partial charge in [0.15, 0.2) is 0 Å². The van der Waals surface area contributed by atoms with Gasteiger partial charge in [0.25, 0.3) is 0 Å². The molecule has 0 saturated carbocycles. The predicted molar refractivity (Wildman–Crippen MR) is 227 cm³/mol. The van der Waals surface area contributed by atoms with Gasteiger partial charge in [0.1, 0.15) is 0 Å². The highest BCUT2D eigenvalue weighted by atomic mass is 15.0. The van der Waals surface area contributed by atoms with Gasteiger partial charge in [0.2, 0.25) is 0 Å². The van der Waals surface area contributed by atoms with E-state index in [0.29, 0.717) is 0 Å². The van der Waals surface area contributed by atoms with Crippen LogP contribution in [0.15, 0.2) is 200 Å². The van der Waals surface area contributed by atoms with Crippen molar-refractivity contribution in [1.82, 2.24) is 14.1 Å². The minimum atomic E-state index is 0.998. The summed E-state index contributed by atoms with van der Waals surface area (Å²) in [7, 11) is 0. The van der Waals surface area contributed by atoms with Gasteiger partial charge in [-0.1, -0.05) is 133 Å². The molecule has 0 bridgehead atoms. The van der Waals surface area contributed by atoms with Crippen LogP contribution in [0.2, 0.25) is 0 Å². The molecule has 0 spiro atoms. The Morgan fingerprint density at radius 1 is 0.296 bits per heavy atom. The zero-order chi connectivity index (χ0) is 35.6. The fraction of sp³-hybridized carbons (Fsp3) is 0. The number of aromatic nitrogens is 3. The Morgan fingerprint density at radius 2 is 0.778 bits per heavy atom. The largest absolute Gasteiger partial charge is 0.309 e. The Balaban J connectivity index is 1.11. The number of para-hydroxylation sites is 2. The van der Waals surface area contributed by atoms with E-state index in [1.54, 1.807) is 0 Å². The Kier molecular flexibility index (Phi) is 6.86. The lowest BCUT2D eigenvalue weighted by molar-refractivity contribution is 1.17. The van der Waals surface area contributed by atoms with Gasteiger partial charge in [-0.3, -0.25) is 4.98 Å². The van der Waals surface area contributed by atoms with E-state index in [0.717, 1.165) is 33.3 Å². The number of hydrogen-bond donors (Lipinski definition) is 0. The van der Waals surface area contributed by atoms with Gasteiger partial charge < -0.3 is 9.13 Å². The summed E-state index contributed by atoms with van der Waals surface area (Å²) in [5, 5.41) is 6.08. The molecule has 3 heteroatoms. The highest BCUT2D eigenvalue weighted by Crippen LogP contribution is 2.40. The van der Waals surface area contributed by atoms with Crippen LogP contribution in [-0.4, -0.2) is 14.1 Å². The summed E-state index contributed by atoms with van der Waals surface area (Å²) in [6, 6.07) is 70.1. The first-order valence-electron chi connectivity index (χ1n) is 18.5. The molecule has 3 nitrogen and oxygen atoms in total. The van der Waals surface area contributed by atoms with E-state index in [-0.39, 0.29) is 0 Å². The Morgan fingerprint density at radius 3 is 1.44 bits per heavy atom. The first-order valence-corrected chi connectivity index (χ1v) is 18.5. The maximum Gasteiger partial charge on any atom is 0.0730 e. The Hall–Kier alpha value is -7.23. The van der Waals surface area contributed by atoms with E-state index >= 15 is 0 Å². The molecule has 0 saturated heterocycles. The van der Waals surface area contributed by atoms with Gasteiger partial charge in [0.05, 0.1) is 33.8 Å². The third-order valence-electron chi connectivity index (χ3n) is 10.9. The summed E-state index contributed by atoms with van der Waals surface area (Å²) >= 11 is 0. The van der Waals surface area contributed by atoms with E-state index < -0.39 is 0 Å². The molecule has 11 rings (SSSR count). The second-order valence-corrected chi connectivity index (χ2v) is 14.0. The number of pyridine rings is 1. The molecule has 0 fully saturated rings. The molecule has 0 aliphatic carbocycles. The van der Waals surface area contributed by atoms with E-state index in [9.17, 15) is 0 Å². The lowest BCUT2D eigenvalue weighted by atomic mass is 10.00. The molecule has 0 atom stereocenters. The predicted octanol–water partition coefficient (Wildman–Crippen LogP) is 13.4. The third-order valence-corrected chi connectivity index (χ3v) is 10.9. The molecule has 8 aromatic carbocycles. The molecule has 3 heterocycles. The van der Waals surface area contributed by atoms with E-state index in [1.165, 1.54) is 66.0 Å². The normalized spacial score (nSPS) is 11.7. The lowest BCUT2D eigenvalue weighted by Gasteiger charge is -2.11. The minimum Gasteiger partial charge on any atom is -0.309 e. The van der Waals surface area contributed by atoms with Crippen LogP contribution < -0.4 is 0 Å². The van der Waals surface area contributed by atoms with Crippen LogP contribution in [0.1, 0.15) is 0 Å². The molecule has 252 valence electrons. The van der Waals surface area contributed by atoms with Gasteiger partial charge in [-0.05, 0) is 94.0 Å². The zero-order valence-corrected chi connectivity index (χ0v) is 29.4. The fourth-order valence-electron chi connectivity index (χ4n) is 8.44. The van der Waals surface area contributed by atoms with Crippen molar-refractivity contribution in [2.45, 2.75) is 0 Å². The summed E-state index contributed by atoms with van der Waals surface area (Å²) in [5.74, 6) is 0. The average molecular weight is 688 g/mol. The van der Waals surface area contributed by atoms with Crippen LogP contribution in [-0.2, 0) is 0 Å². The van der Waals surface area contributed by atoms with Crippen molar-refractivity contribution in [2.75, 3.05) is 0 Å². The van der Waals surface area contributed by atoms with Crippen molar-refractivity contribution >= 4 is 54.5 Å². The monoisotopic (exact) mass is 687 g/mol. The van der Waals surface area contributed by atoms with Crippen molar-refractivity contribution in [3.05, 3.63) is 200 Å². The zero-order valence-electron chi connectivity index (χ0n) is 29.4. The lowest BCUT2D eigenvalue weighted by Crippen LogP contribution is -1.95. The number of nitrogens with zero attached hydrogens (tertiary/aromatic N) is 3. The van der Waals surface area contributed by atoms with E-state index in [4.69, 9.17) is 4.98 Å². The van der Waals surface area contributed by atoms with Crippen molar-refractivity contribution in [3.8, 4) is 44.8 Å². The first-order chi connectivity index (χ1) is 26.8. The minimum absolute atomic E-state index is 0.998. The summed E-state index contributed by atoms with van der Waals surface area (Å²) in [5.41, 5.74) is 15.1. The Labute approximate surface area is 312 Å². The summed E-state index contributed by atoms with van der Waals surface area (Å²) in [6.45, 7) is 0. The number of benzene rings is 8. The van der Waals surface area contributed by atoms with E-state index in [2.05, 4.69) is 203 Å². The number of fused-ring (bicyclic) bond motifs is 8. The highest BCUT2D eigenvalue weighted by Gasteiger charge is 2.18. The van der Waals surface area contributed by atoms with Crippen LogP contribution in [0, 0.1) is 0 Å². The molecule has 0 radical (unpaired) electrons. The van der Waals surface area contributed by atoms with Crippen LogP contribution in [0.25, 0.3) is 99.3 Å². The first kappa shape index (κ1) is 30.4. The fourth-order valence-corrected chi connectivity index (χ4v) is 8.44. The molecule has 54 heavy (non-hydrogen) atoms. The van der Waals surface area contributed by atoms with Gasteiger partial charge >= 0.3 is 0 Å². The Bertz CT molecular complexity index is 3210. The molecule has 3 aromatic heterocycles. The number of hydrogen-bond acceptors (Lipinski definition) is 1. The standard InChI is InChI=1S/C51H33N3/c1-3-13-34(14-4-1)36-17-11-19-40(29-36)53-47-24-10-8-21-42(47)44-31-38(25-27-48(44)53)39-26-28-49-45(32-39)51-43-22-7-9-23-46(43)52-33-50(51)54(49)41-20-12-18-37(30-41)35-15-5-2-6-16-35/h1-33H. The molecular formula is C51H33N3.